The maximum absolute atomic E-state index is 11.8. The van der Waals surface area contributed by atoms with Gasteiger partial charge in [0.15, 0.2) is 0 Å². The fraction of sp³-hybridized carbons (Fsp3) is 0.462. The first-order valence-electron chi connectivity index (χ1n) is 6.22. The van der Waals surface area contributed by atoms with E-state index in [1.54, 1.807) is 0 Å². The molecule has 1 aromatic carbocycles. The van der Waals surface area contributed by atoms with E-state index >= 15 is 0 Å². The molecule has 1 aromatic rings. The number of alkyl halides is 3. The topological polar surface area (TPSA) is 50.4 Å². The second kappa shape index (κ2) is 6.13. The zero-order valence-electron chi connectivity index (χ0n) is 10.7. The maximum Gasteiger partial charge on any atom is 0.411 e. The second-order valence-electron chi connectivity index (χ2n) is 4.52. The van der Waals surface area contributed by atoms with Crippen LogP contribution < -0.4 is 10.6 Å². The van der Waals surface area contributed by atoms with E-state index in [9.17, 15) is 18.0 Å². The Morgan fingerprint density at radius 2 is 2.15 bits per heavy atom. The van der Waals surface area contributed by atoms with Gasteiger partial charge in [0.2, 0.25) is 5.91 Å². The van der Waals surface area contributed by atoms with Crippen LogP contribution in [0.25, 0.3) is 0 Å². The van der Waals surface area contributed by atoms with E-state index in [2.05, 4.69) is 15.4 Å². The molecule has 20 heavy (non-hydrogen) atoms. The quantitative estimate of drug-likeness (QED) is 0.811. The molecule has 0 saturated heterocycles. The Balaban J connectivity index is 1.67. The Kier molecular flexibility index (Phi) is 4.49. The van der Waals surface area contributed by atoms with Crippen molar-refractivity contribution in [1.29, 1.82) is 0 Å². The Morgan fingerprint density at radius 3 is 2.85 bits per heavy atom. The Hall–Kier alpha value is -1.76. The highest BCUT2D eigenvalue weighted by Gasteiger charge is 2.28. The number of ether oxygens (including phenoxy) is 1. The summed E-state index contributed by atoms with van der Waals surface area (Å²) in [6.07, 6.45) is -3.76. The van der Waals surface area contributed by atoms with Crippen LogP contribution in [0.15, 0.2) is 24.3 Å². The molecule has 1 aliphatic rings. The first-order valence-corrected chi connectivity index (χ1v) is 6.22. The predicted molar refractivity (Wildman–Crippen MR) is 67.4 cm³/mol. The van der Waals surface area contributed by atoms with Crippen LogP contribution >= 0.6 is 0 Å². The number of hydrogen-bond donors (Lipinski definition) is 2. The smallest absolute Gasteiger partial charge is 0.373 e. The van der Waals surface area contributed by atoms with Crippen molar-refractivity contribution in [2.24, 2.45) is 0 Å². The minimum atomic E-state index is -4.33. The fourth-order valence-corrected chi connectivity index (χ4v) is 2.01. The number of benzene rings is 1. The molecule has 1 aliphatic heterocycles. The molecule has 0 radical (unpaired) electrons. The summed E-state index contributed by atoms with van der Waals surface area (Å²) < 4.78 is 39.9. The summed E-state index contributed by atoms with van der Waals surface area (Å²) >= 11 is 0. The van der Waals surface area contributed by atoms with Gasteiger partial charge < -0.3 is 15.4 Å². The number of carbonyl (C=O) groups is 1. The minimum Gasteiger partial charge on any atom is -0.373 e. The molecule has 0 saturated carbocycles. The molecule has 0 fully saturated rings. The third-order valence-corrected chi connectivity index (χ3v) is 2.90. The van der Waals surface area contributed by atoms with Crippen molar-refractivity contribution in [2.75, 3.05) is 25.1 Å². The van der Waals surface area contributed by atoms with E-state index in [4.69, 9.17) is 0 Å². The Morgan fingerprint density at radius 1 is 1.40 bits per heavy atom. The van der Waals surface area contributed by atoms with Gasteiger partial charge in [0.05, 0.1) is 6.61 Å². The molecule has 1 atom stereocenters. The zero-order chi connectivity index (χ0) is 14.6. The number of fused-ring (bicyclic) bond motifs is 1. The molecule has 2 N–H and O–H groups in total. The van der Waals surface area contributed by atoms with Crippen LogP contribution in [-0.2, 0) is 16.0 Å². The van der Waals surface area contributed by atoms with Gasteiger partial charge in [-0.3, -0.25) is 4.79 Å². The lowest BCUT2D eigenvalue weighted by molar-refractivity contribution is -0.173. The highest BCUT2D eigenvalue weighted by Crippen LogP contribution is 2.24. The van der Waals surface area contributed by atoms with Crippen molar-refractivity contribution in [3.05, 3.63) is 29.8 Å². The lowest BCUT2D eigenvalue weighted by atomic mass is 10.1. The second-order valence-corrected chi connectivity index (χ2v) is 4.52. The van der Waals surface area contributed by atoms with E-state index in [-0.39, 0.29) is 25.1 Å². The van der Waals surface area contributed by atoms with Gasteiger partial charge in [0.1, 0.15) is 12.6 Å². The van der Waals surface area contributed by atoms with Crippen LogP contribution in [-0.4, -0.2) is 37.9 Å². The lowest BCUT2D eigenvalue weighted by Crippen LogP contribution is -2.40. The van der Waals surface area contributed by atoms with Gasteiger partial charge in [-0.25, -0.2) is 0 Å². The number of halogens is 3. The number of amides is 1. The average Bonchev–Trinajstić information content (AvgIpc) is 2.80. The van der Waals surface area contributed by atoms with E-state index in [0.717, 1.165) is 11.3 Å². The van der Waals surface area contributed by atoms with Crippen molar-refractivity contribution in [1.82, 2.24) is 5.32 Å². The standard InChI is InChI=1S/C13H15F3N2O2/c14-13(15,16)8-20-6-5-17-12(19)11-7-9-3-1-2-4-10(9)18-11/h1-4,11,18H,5-8H2,(H,17,19)/t11-/m0/s1. The summed E-state index contributed by atoms with van der Waals surface area (Å²) in [5.74, 6) is -0.239. The highest BCUT2D eigenvalue weighted by molar-refractivity contribution is 5.87. The van der Waals surface area contributed by atoms with Crippen molar-refractivity contribution in [3.63, 3.8) is 0 Å². The van der Waals surface area contributed by atoms with Crippen LogP contribution in [0.3, 0.4) is 0 Å². The summed E-state index contributed by atoms with van der Waals surface area (Å²) in [4.78, 5) is 11.8. The molecule has 0 bridgehead atoms. The Labute approximate surface area is 114 Å². The molecule has 0 spiro atoms. The number of rotatable bonds is 5. The number of para-hydroxylation sites is 1. The third kappa shape index (κ3) is 4.12. The van der Waals surface area contributed by atoms with E-state index in [0.29, 0.717) is 6.42 Å². The summed E-state index contributed by atoms with van der Waals surface area (Å²) in [7, 11) is 0. The number of hydrogen-bond acceptors (Lipinski definition) is 3. The molecule has 0 aromatic heterocycles. The number of carbonyl (C=O) groups excluding carboxylic acids is 1. The summed E-state index contributed by atoms with van der Waals surface area (Å²) in [6, 6.07) is 7.20. The van der Waals surface area contributed by atoms with Gasteiger partial charge in [0.25, 0.3) is 0 Å². The predicted octanol–water partition coefficient (Wildman–Crippen LogP) is 1.72. The van der Waals surface area contributed by atoms with E-state index in [1.807, 2.05) is 24.3 Å². The molecule has 2 rings (SSSR count). The summed E-state index contributed by atoms with van der Waals surface area (Å²) in [6.45, 7) is -1.40. The van der Waals surface area contributed by atoms with Gasteiger partial charge in [0, 0.05) is 18.7 Å². The number of anilines is 1. The van der Waals surface area contributed by atoms with Crippen molar-refractivity contribution < 1.29 is 22.7 Å². The van der Waals surface area contributed by atoms with Crippen LogP contribution in [0.4, 0.5) is 18.9 Å². The summed E-state index contributed by atoms with van der Waals surface area (Å²) in [5.41, 5.74) is 1.97. The SMILES string of the molecule is O=C(NCCOCC(F)(F)F)[C@@H]1Cc2ccccc2N1. The Bertz CT molecular complexity index is 452. The normalized spacial score (nSPS) is 17.4. The minimum absolute atomic E-state index is 0.0590. The molecule has 1 amide bonds. The lowest BCUT2D eigenvalue weighted by Gasteiger charge is -2.12. The van der Waals surface area contributed by atoms with Gasteiger partial charge in [-0.05, 0) is 11.6 Å². The van der Waals surface area contributed by atoms with Crippen LogP contribution in [0.2, 0.25) is 0 Å². The maximum atomic E-state index is 11.8. The molecule has 110 valence electrons. The summed E-state index contributed by atoms with van der Waals surface area (Å²) in [5, 5.41) is 5.62. The molecular weight excluding hydrogens is 273 g/mol. The van der Waals surface area contributed by atoms with Gasteiger partial charge in [-0.15, -0.1) is 0 Å². The molecule has 7 heteroatoms. The number of nitrogens with one attached hydrogen (secondary N) is 2. The molecular formula is C13H15F3N2O2. The van der Waals surface area contributed by atoms with Gasteiger partial charge >= 0.3 is 6.18 Å². The molecule has 1 heterocycles. The van der Waals surface area contributed by atoms with Crippen LogP contribution in [0.1, 0.15) is 5.56 Å². The molecule has 4 nitrogen and oxygen atoms in total. The van der Waals surface area contributed by atoms with Crippen molar-refractivity contribution in [2.45, 2.75) is 18.6 Å². The largest absolute Gasteiger partial charge is 0.411 e. The first-order chi connectivity index (χ1) is 9.46. The zero-order valence-corrected chi connectivity index (χ0v) is 10.7. The van der Waals surface area contributed by atoms with Gasteiger partial charge in [-0.1, -0.05) is 18.2 Å². The molecule has 0 aliphatic carbocycles. The van der Waals surface area contributed by atoms with Crippen LogP contribution in [0.5, 0.6) is 0 Å². The van der Waals surface area contributed by atoms with E-state index in [1.165, 1.54) is 0 Å². The average molecular weight is 288 g/mol. The third-order valence-electron chi connectivity index (χ3n) is 2.90. The fourth-order valence-electron chi connectivity index (χ4n) is 2.01. The highest BCUT2D eigenvalue weighted by atomic mass is 19.4. The van der Waals surface area contributed by atoms with Crippen molar-refractivity contribution in [3.8, 4) is 0 Å². The van der Waals surface area contributed by atoms with Crippen molar-refractivity contribution >= 4 is 11.6 Å². The van der Waals surface area contributed by atoms with E-state index < -0.39 is 12.8 Å². The monoisotopic (exact) mass is 288 g/mol. The van der Waals surface area contributed by atoms with Gasteiger partial charge in [-0.2, -0.15) is 13.2 Å². The molecule has 0 unspecified atom stereocenters. The van der Waals surface area contributed by atoms with Crippen LogP contribution in [0, 0.1) is 0 Å². The first kappa shape index (κ1) is 14.6.